The van der Waals surface area contributed by atoms with Gasteiger partial charge in [-0.2, -0.15) is 0 Å². The van der Waals surface area contributed by atoms with Crippen molar-refractivity contribution in [3.8, 4) is 0 Å². The lowest BCUT2D eigenvalue weighted by molar-refractivity contribution is -0.153. The molecule has 2 unspecified atom stereocenters. The molecule has 0 spiro atoms. The molecule has 43 heavy (non-hydrogen) atoms. The number of fused-ring (bicyclic) bond motifs is 1. The summed E-state index contributed by atoms with van der Waals surface area (Å²) in [6.45, 7) is 5.26. The summed E-state index contributed by atoms with van der Waals surface area (Å²) in [6.07, 6.45) is 1.91. The number of aromatic nitrogens is 1. The van der Waals surface area contributed by atoms with E-state index in [1.165, 1.54) is 28.0 Å². The fourth-order valence-electron chi connectivity index (χ4n) is 4.61. The first-order chi connectivity index (χ1) is 20.5. The molecule has 2 atom stereocenters. The Morgan fingerprint density at radius 2 is 1.72 bits per heavy atom. The van der Waals surface area contributed by atoms with E-state index in [-0.39, 0.29) is 5.70 Å². The van der Waals surface area contributed by atoms with Gasteiger partial charge in [0.05, 0.1) is 11.2 Å². The third-order valence-corrected chi connectivity index (χ3v) is 8.70. The number of esters is 1. The number of rotatable bonds is 8. The van der Waals surface area contributed by atoms with Gasteiger partial charge in [0.25, 0.3) is 5.91 Å². The van der Waals surface area contributed by atoms with E-state index in [1.807, 2.05) is 74.8 Å². The molecule has 1 N–H and O–H groups in total. The van der Waals surface area contributed by atoms with Crippen molar-refractivity contribution in [2.45, 2.75) is 43.9 Å². The average Bonchev–Trinajstić information content (AvgIpc) is 3.45. The Bertz CT molecular complexity index is 1510. The molecule has 1 fully saturated rings. The number of alkyl carbamates (subject to hydrolysis) is 1. The lowest BCUT2D eigenvalue weighted by Gasteiger charge is -2.49. The quantitative estimate of drug-likeness (QED) is 0.158. The van der Waals surface area contributed by atoms with E-state index in [0.717, 1.165) is 11.1 Å². The van der Waals surface area contributed by atoms with Crippen molar-refractivity contribution in [2.75, 3.05) is 19.8 Å². The van der Waals surface area contributed by atoms with E-state index >= 15 is 0 Å². The summed E-state index contributed by atoms with van der Waals surface area (Å²) in [6, 6.07) is 18.1. The van der Waals surface area contributed by atoms with Crippen molar-refractivity contribution >= 4 is 58.1 Å². The van der Waals surface area contributed by atoms with Crippen molar-refractivity contribution in [3.05, 3.63) is 88.6 Å². The third kappa shape index (κ3) is 6.91. The molecule has 5 rings (SSSR count). The van der Waals surface area contributed by atoms with E-state index < -0.39 is 41.1 Å². The van der Waals surface area contributed by atoms with Crippen LogP contribution < -0.4 is 5.32 Å². The summed E-state index contributed by atoms with van der Waals surface area (Å²) in [7, 11) is 3.72. The number of thioether (sulfide) groups is 1. The van der Waals surface area contributed by atoms with Gasteiger partial charge in [-0.1, -0.05) is 72.0 Å². The average molecular weight is 620 g/mol. The van der Waals surface area contributed by atoms with Gasteiger partial charge in [-0.3, -0.25) is 9.69 Å². The molecule has 12 heteroatoms. The Balaban J connectivity index is 1.50. The Hall–Kier alpha value is -4.16. The maximum absolute atomic E-state index is 14.2. The van der Waals surface area contributed by atoms with Crippen molar-refractivity contribution in [1.29, 1.82) is 0 Å². The van der Waals surface area contributed by atoms with Crippen molar-refractivity contribution in [3.63, 3.8) is 0 Å². The number of benzene rings is 2. The summed E-state index contributed by atoms with van der Waals surface area (Å²) < 4.78 is 11.6. The van der Waals surface area contributed by atoms with Gasteiger partial charge < -0.3 is 19.7 Å². The van der Waals surface area contributed by atoms with Crippen LogP contribution in [0.2, 0.25) is 0 Å². The van der Waals surface area contributed by atoms with Gasteiger partial charge in [0.1, 0.15) is 22.7 Å². The van der Waals surface area contributed by atoms with Crippen LogP contribution in [0, 0.1) is 0 Å². The monoisotopic (exact) mass is 619 g/mol. The van der Waals surface area contributed by atoms with Crippen molar-refractivity contribution in [1.82, 2.24) is 20.1 Å². The number of nitrogens with zero attached hydrogens (tertiary/aromatic N) is 4. The molecule has 2 aliphatic heterocycles. The molecule has 0 radical (unpaired) electrons. The van der Waals surface area contributed by atoms with Gasteiger partial charge in [-0.15, -0.1) is 11.8 Å². The topological polar surface area (TPSA) is 113 Å². The lowest BCUT2D eigenvalue weighted by Crippen LogP contribution is -2.70. The van der Waals surface area contributed by atoms with Crippen LogP contribution >= 0.6 is 23.1 Å². The largest absolute Gasteiger partial charge is 0.448 e. The molecule has 0 aliphatic carbocycles. The highest BCUT2D eigenvalue weighted by molar-refractivity contribution is 8.00. The zero-order valence-corrected chi connectivity index (χ0v) is 26.1. The number of ether oxygens (including phenoxy) is 2. The summed E-state index contributed by atoms with van der Waals surface area (Å²) in [4.78, 5) is 52.9. The Morgan fingerprint density at radius 3 is 2.30 bits per heavy atom. The van der Waals surface area contributed by atoms with E-state index in [0.29, 0.717) is 21.3 Å². The molecule has 2 amide bonds. The number of carbonyl (C=O) groups excluding carboxylic acids is 3. The molecular formula is C31H33N5O5S2. The van der Waals surface area contributed by atoms with Crippen molar-refractivity contribution in [2.24, 2.45) is 4.99 Å². The van der Waals surface area contributed by atoms with Crippen LogP contribution in [0.3, 0.4) is 0 Å². The normalized spacial score (nSPS) is 18.4. The molecule has 1 aromatic heterocycles. The van der Waals surface area contributed by atoms with Gasteiger partial charge in [-0.25, -0.2) is 19.6 Å². The van der Waals surface area contributed by atoms with Crippen LogP contribution in [0.5, 0.6) is 0 Å². The number of β-lactam (4-membered cyclic amide) rings is 1. The first kappa shape index (κ1) is 30.3. The number of aliphatic imine (C=N–C) groups is 1. The smallest absolute Gasteiger partial charge is 0.408 e. The highest BCUT2D eigenvalue weighted by atomic mass is 32.2. The van der Waals surface area contributed by atoms with Crippen molar-refractivity contribution < 1.29 is 23.9 Å². The standard InChI is InChI=1S/C31H33N5O5S2/c1-31(2,3)41-30(39)34-23-26(37)36-24(21(17-42-27(23)36)22-16-32-29(43-22)33-18-35(4)5)28(38)40-25(19-12-8-6-9-13-19)20-14-10-7-11-15-20/h6-16,18,23,25,27H,17H2,1-5H3,(H,34,39)/b33-18+. The number of hydrogen-bond acceptors (Lipinski definition) is 9. The maximum atomic E-state index is 14.2. The lowest BCUT2D eigenvalue weighted by atomic mass is 10.0. The predicted molar refractivity (Wildman–Crippen MR) is 168 cm³/mol. The molecule has 10 nitrogen and oxygen atoms in total. The first-order valence-electron chi connectivity index (χ1n) is 13.7. The second-order valence-corrected chi connectivity index (χ2v) is 13.3. The molecule has 1 saturated heterocycles. The molecule has 0 bridgehead atoms. The second kappa shape index (κ2) is 12.6. The molecular weight excluding hydrogens is 587 g/mol. The fraction of sp³-hybridized carbons (Fsp3) is 0.323. The van der Waals surface area contributed by atoms with Gasteiger partial charge in [0.15, 0.2) is 6.10 Å². The number of thiazole rings is 1. The van der Waals surface area contributed by atoms with Crippen LogP contribution in [-0.4, -0.2) is 76.0 Å². The van der Waals surface area contributed by atoms with E-state index in [9.17, 15) is 14.4 Å². The predicted octanol–water partition coefficient (Wildman–Crippen LogP) is 5.22. The number of hydrogen-bond donors (Lipinski definition) is 1. The van der Waals surface area contributed by atoms with Gasteiger partial charge in [-0.05, 0) is 31.9 Å². The zero-order chi connectivity index (χ0) is 30.7. The fourth-order valence-corrected chi connectivity index (χ4v) is 6.86. The van der Waals surface area contributed by atoms with Crippen LogP contribution in [0.4, 0.5) is 9.93 Å². The summed E-state index contributed by atoms with van der Waals surface area (Å²) in [5, 5.41) is 2.69. The number of nitrogens with one attached hydrogen (secondary N) is 1. The van der Waals surface area contributed by atoms with Gasteiger partial charge in [0.2, 0.25) is 5.13 Å². The second-order valence-electron chi connectivity index (χ2n) is 11.2. The SMILES string of the molecule is CN(C)/C=N/c1ncc(C2=C(C(=O)OC(c3ccccc3)c3ccccc3)N3C(=O)C(NC(=O)OC(C)(C)C)C3SC2)s1. The van der Waals surface area contributed by atoms with Crippen LogP contribution in [0.15, 0.2) is 77.5 Å². The summed E-state index contributed by atoms with van der Waals surface area (Å²) in [5.74, 6) is -0.668. The van der Waals surface area contributed by atoms with Gasteiger partial charge in [0, 0.05) is 31.6 Å². The Kier molecular flexibility index (Phi) is 8.88. The molecule has 0 saturated carbocycles. The van der Waals surface area contributed by atoms with Crippen LogP contribution in [0.1, 0.15) is 42.9 Å². The Labute approximate surface area is 258 Å². The molecule has 2 aliphatic rings. The Morgan fingerprint density at radius 1 is 1.09 bits per heavy atom. The number of amides is 2. The maximum Gasteiger partial charge on any atom is 0.408 e. The molecule has 3 heterocycles. The number of carbonyl (C=O) groups is 3. The minimum atomic E-state index is -0.843. The molecule has 224 valence electrons. The van der Waals surface area contributed by atoms with Crippen LogP contribution in [-0.2, 0) is 19.1 Å². The highest BCUT2D eigenvalue weighted by Crippen LogP contribution is 2.46. The summed E-state index contributed by atoms with van der Waals surface area (Å²) >= 11 is 2.77. The highest BCUT2D eigenvalue weighted by Gasteiger charge is 2.55. The van der Waals surface area contributed by atoms with E-state index in [1.54, 1.807) is 38.2 Å². The third-order valence-electron chi connectivity index (χ3n) is 6.45. The minimum absolute atomic E-state index is 0.139. The minimum Gasteiger partial charge on any atom is -0.448 e. The van der Waals surface area contributed by atoms with Crippen LogP contribution in [0.25, 0.3) is 5.57 Å². The molecule has 2 aromatic carbocycles. The molecule has 3 aromatic rings. The van der Waals surface area contributed by atoms with Gasteiger partial charge >= 0.3 is 12.1 Å². The summed E-state index contributed by atoms with van der Waals surface area (Å²) in [5.41, 5.74) is 1.63. The zero-order valence-electron chi connectivity index (χ0n) is 24.5. The van der Waals surface area contributed by atoms with E-state index in [2.05, 4.69) is 15.3 Å². The first-order valence-corrected chi connectivity index (χ1v) is 15.5. The van der Waals surface area contributed by atoms with E-state index in [4.69, 9.17) is 9.47 Å².